The van der Waals surface area contributed by atoms with Crippen molar-refractivity contribution in [1.29, 1.82) is 0 Å². The molecular formula is C14H12BrFINS. The number of fused-ring (bicyclic) bond motifs is 1. The van der Waals surface area contributed by atoms with E-state index in [-0.39, 0.29) is 5.82 Å². The van der Waals surface area contributed by atoms with Crippen molar-refractivity contribution in [3.8, 4) is 0 Å². The maximum atomic E-state index is 13.3. The summed E-state index contributed by atoms with van der Waals surface area (Å²) in [7, 11) is 0. The Hall–Kier alpha value is -0.140. The first-order valence-corrected chi connectivity index (χ1v) is 8.82. The summed E-state index contributed by atoms with van der Waals surface area (Å²) in [5.74, 6) is -0.207. The number of hydrogen-bond donors (Lipinski definition) is 1. The third kappa shape index (κ3) is 2.97. The van der Waals surface area contributed by atoms with Gasteiger partial charge in [0.05, 0.1) is 14.6 Å². The second-order valence-electron chi connectivity index (χ2n) is 4.64. The molecule has 19 heavy (non-hydrogen) atoms. The Labute approximate surface area is 137 Å². The summed E-state index contributed by atoms with van der Waals surface area (Å²) in [5.41, 5.74) is 2.22. The SMILES string of the molecule is Fc1ccc(Br)c(NC2CCCc3sc(I)cc32)c1. The topological polar surface area (TPSA) is 12.0 Å². The average Bonchev–Trinajstić information content (AvgIpc) is 2.75. The molecule has 0 saturated carbocycles. The van der Waals surface area contributed by atoms with Gasteiger partial charge in [-0.1, -0.05) is 0 Å². The van der Waals surface area contributed by atoms with Crippen LogP contribution in [0.1, 0.15) is 29.3 Å². The van der Waals surface area contributed by atoms with Gasteiger partial charge in [0.1, 0.15) is 5.82 Å². The zero-order chi connectivity index (χ0) is 13.4. The lowest BCUT2D eigenvalue weighted by Crippen LogP contribution is -2.16. The van der Waals surface area contributed by atoms with E-state index in [0.29, 0.717) is 6.04 Å². The summed E-state index contributed by atoms with van der Waals surface area (Å²) in [4.78, 5) is 1.47. The molecule has 0 saturated heterocycles. The molecule has 0 amide bonds. The number of thiophene rings is 1. The fraction of sp³-hybridized carbons (Fsp3) is 0.286. The van der Waals surface area contributed by atoms with Crippen molar-refractivity contribution in [2.75, 3.05) is 5.32 Å². The lowest BCUT2D eigenvalue weighted by atomic mass is 9.94. The molecule has 0 aliphatic heterocycles. The number of benzene rings is 1. The molecule has 100 valence electrons. The molecule has 1 aliphatic carbocycles. The number of anilines is 1. The summed E-state index contributed by atoms with van der Waals surface area (Å²) in [5, 5.41) is 3.48. The van der Waals surface area contributed by atoms with E-state index in [1.54, 1.807) is 12.1 Å². The molecule has 1 nitrogen and oxygen atoms in total. The number of rotatable bonds is 2. The minimum absolute atomic E-state index is 0.207. The quantitative estimate of drug-likeness (QED) is 0.573. The maximum absolute atomic E-state index is 13.3. The number of aryl methyl sites for hydroxylation is 1. The van der Waals surface area contributed by atoms with Crippen LogP contribution in [0.2, 0.25) is 0 Å². The zero-order valence-electron chi connectivity index (χ0n) is 10.1. The summed E-state index contributed by atoms with van der Waals surface area (Å²) >= 11 is 7.72. The Balaban J connectivity index is 1.90. The molecule has 1 atom stereocenters. The van der Waals surface area contributed by atoms with Gasteiger partial charge < -0.3 is 5.32 Å². The van der Waals surface area contributed by atoms with Crippen LogP contribution in [0.4, 0.5) is 10.1 Å². The first-order valence-electron chi connectivity index (χ1n) is 6.13. The Kier molecular flexibility index (Phi) is 4.14. The molecule has 1 N–H and O–H groups in total. The predicted octanol–water partition coefficient (Wildman–Crippen LogP) is 5.74. The van der Waals surface area contributed by atoms with E-state index in [0.717, 1.165) is 16.6 Å². The van der Waals surface area contributed by atoms with Gasteiger partial charge >= 0.3 is 0 Å². The summed E-state index contributed by atoms with van der Waals surface area (Å²) < 4.78 is 15.6. The monoisotopic (exact) mass is 451 g/mol. The summed E-state index contributed by atoms with van der Waals surface area (Å²) in [6, 6.07) is 7.32. The third-order valence-corrected chi connectivity index (χ3v) is 6.00. The molecule has 0 fully saturated rings. The second-order valence-corrected chi connectivity index (χ2v) is 8.53. The van der Waals surface area contributed by atoms with Gasteiger partial charge in [-0.15, -0.1) is 11.3 Å². The third-order valence-electron chi connectivity index (χ3n) is 3.34. The van der Waals surface area contributed by atoms with E-state index in [9.17, 15) is 4.39 Å². The second kappa shape index (κ2) is 5.69. The van der Waals surface area contributed by atoms with Gasteiger partial charge in [-0.05, 0) is 87.6 Å². The molecule has 1 heterocycles. The molecule has 5 heteroatoms. The molecule has 1 aromatic heterocycles. The van der Waals surface area contributed by atoms with Gasteiger partial charge in [0.15, 0.2) is 0 Å². The lowest BCUT2D eigenvalue weighted by molar-refractivity contribution is 0.604. The van der Waals surface area contributed by atoms with Crippen LogP contribution in [0, 0.1) is 8.70 Å². The highest BCUT2D eigenvalue weighted by atomic mass is 127. The molecule has 1 unspecified atom stereocenters. The van der Waals surface area contributed by atoms with E-state index in [2.05, 4.69) is 49.9 Å². The highest BCUT2D eigenvalue weighted by molar-refractivity contribution is 14.1. The van der Waals surface area contributed by atoms with Crippen LogP contribution in [0.15, 0.2) is 28.7 Å². The van der Waals surface area contributed by atoms with Crippen molar-refractivity contribution in [2.24, 2.45) is 0 Å². The smallest absolute Gasteiger partial charge is 0.125 e. The fourth-order valence-electron chi connectivity index (χ4n) is 2.47. The molecule has 0 bridgehead atoms. The first kappa shape index (κ1) is 13.8. The number of hydrogen-bond acceptors (Lipinski definition) is 2. The largest absolute Gasteiger partial charge is 0.377 e. The predicted molar refractivity (Wildman–Crippen MR) is 90.4 cm³/mol. The van der Waals surface area contributed by atoms with Crippen LogP contribution in [0.5, 0.6) is 0 Å². The van der Waals surface area contributed by atoms with Gasteiger partial charge in [-0.2, -0.15) is 0 Å². The van der Waals surface area contributed by atoms with Crippen LogP contribution in [-0.2, 0) is 6.42 Å². The van der Waals surface area contributed by atoms with Gasteiger partial charge in [-0.25, -0.2) is 4.39 Å². The summed E-state index contributed by atoms with van der Waals surface area (Å²) in [6.45, 7) is 0. The van der Waals surface area contributed by atoms with E-state index in [4.69, 9.17) is 0 Å². The average molecular weight is 452 g/mol. The van der Waals surface area contributed by atoms with Crippen LogP contribution in [-0.4, -0.2) is 0 Å². The van der Waals surface area contributed by atoms with Crippen LogP contribution in [0.25, 0.3) is 0 Å². The Morgan fingerprint density at radius 2 is 2.21 bits per heavy atom. The van der Waals surface area contributed by atoms with E-state index in [1.807, 2.05) is 11.3 Å². The first-order chi connectivity index (χ1) is 9.13. The van der Waals surface area contributed by atoms with Crippen molar-refractivity contribution in [2.45, 2.75) is 25.3 Å². The maximum Gasteiger partial charge on any atom is 0.125 e. The zero-order valence-corrected chi connectivity index (χ0v) is 14.6. The Morgan fingerprint density at radius 1 is 1.37 bits per heavy atom. The van der Waals surface area contributed by atoms with Crippen molar-refractivity contribution < 1.29 is 4.39 Å². The van der Waals surface area contributed by atoms with Crippen molar-refractivity contribution in [3.63, 3.8) is 0 Å². The van der Waals surface area contributed by atoms with E-state index in [1.165, 1.54) is 32.2 Å². The molecule has 0 radical (unpaired) electrons. The normalized spacial score (nSPS) is 18.2. The van der Waals surface area contributed by atoms with Crippen LogP contribution in [0.3, 0.4) is 0 Å². The van der Waals surface area contributed by atoms with Gasteiger partial charge in [0.25, 0.3) is 0 Å². The highest BCUT2D eigenvalue weighted by Gasteiger charge is 2.23. The van der Waals surface area contributed by atoms with Crippen molar-refractivity contribution in [1.82, 2.24) is 0 Å². The lowest BCUT2D eigenvalue weighted by Gasteiger charge is -2.25. The van der Waals surface area contributed by atoms with Gasteiger partial charge in [-0.3, -0.25) is 0 Å². The van der Waals surface area contributed by atoms with Crippen molar-refractivity contribution in [3.05, 3.63) is 47.9 Å². The molecule has 1 aliphatic rings. The Morgan fingerprint density at radius 3 is 3.05 bits per heavy atom. The molecule has 0 spiro atoms. The summed E-state index contributed by atoms with van der Waals surface area (Å²) in [6.07, 6.45) is 3.46. The van der Waals surface area contributed by atoms with Gasteiger partial charge in [0, 0.05) is 9.35 Å². The highest BCUT2D eigenvalue weighted by Crippen LogP contribution is 2.39. The van der Waals surface area contributed by atoms with E-state index < -0.39 is 0 Å². The standard InChI is InChI=1S/C14H12BrFINS/c15-10-5-4-8(16)6-12(10)18-11-2-1-3-13-9(11)7-14(17)19-13/h4-7,11,18H,1-3H2. The number of halogens is 3. The minimum atomic E-state index is -0.207. The minimum Gasteiger partial charge on any atom is -0.377 e. The van der Waals surface area contributed by atoms with Crippen LogP contribution < -0.4 is 5.32 Å². The van der Waals surface area contributed by atoms with E-state index >= 15 is 0 Å². The molecule has 1 aromatic carbocycles. The van der Waals surface area contributed by atoms with Crippen LogP contribution >= 0.6 is 49.9 Å². The Bertz CT molecular complexity index is 613. The molecular weight excluding hydrogens is 440 g/mol. The van der Waals surface area contributed by atoms with Gasteiger partial charge in [0.2, 0.25) is 0 Å². The fourth-order valence-corrected chi connectivity index (χ4v) is 4.95. The van der Waals surface area contributed by atoms with Crippen molar-refractivity contribution >= 4 is 55.5 Å². The molecule has 3 rings (SSSR count). The number of nitrogens with one attached hydrogen (secondary N) is 1. The molecule has 2 aromatic rings.